The van der Waals surface area contributed by atoms with E-state index in [0.29, 0.717) is 23.6 Å². The van der Waals surface area contributed by atoms with Gasteiger partial charge in [-0.1, -0.05) is 6.92 Å². The van der Waals surface area contributed by atoms with Crippen molar-refractivity contribution in [3.63, 3.8) is 0 Å². The average molecular weight is 291 g/mol. The molecule has 1 aliphatic heterocycles. The van der Waals surface area contributed by atoms with Crippen LogP contribution >= 0.6 is 0 Å². The fraction of sp³-hybridized carbons (Fsp3) is 0.625. The van der Waals surface area contributed by atoms with Crippen molar-refractivity contribution in [1.82, 2.24) is 4.90 Å². The maximum absolute atomic E-state index is 11.0. The van der Waals surface area contributed by atoms with Gasteiger partial charge in [-0.3, -0.25) is 10.1 Å². The van der Waals surface area contributed by atoms with Crippen LogP contribution in [-0.2, 0) is 0 Å². The van der Waals surface area contributed by atoms with Gasteiger partial charge in [0, 0.05) is 35.9 Å². The van der Waals surface area contributed by atoms with E-state index in [1.807, 2.05) is 13.0 Å². The third kappa shape index (κ3) is 3.35. The van der Waals surface area contributed by atoms with Crippen molar-refractivity contribution in [2.24, 2.45) is 5.92 Å². The average Bonchev–Trinajstić information content (AvgIpc) is 2.39. The standard InChI is InChI=1S/C16H25N3O2/c1-10-7-16(19(20)21)11(2)6-14(10)17-15-8-13(4)18(5)9-12(15)3/h6-7,12-13,15,17H,8-9H2,1-5H3. The Labute approximate surface area is 126 Å². The van der Waals surface area contributed by atoms with E-state index >= 15 is 0 Å². The van der Waals surface area contributed by atoms with Crippen LogP contribution in [0.15, 0.2) is 12.1 Å². The van der Waals surface area contributed by atoms with Gasteiger partial charge in [-0.2, -0.15) is 0 Å². The quantitative estimate of drug-likeness (QED) is 0.685. The third-order valence-electron chi connectivity index (χ3n) is 4.69. The molecular weight excluding hydrogens is 266 g/mol. The second-order valence-corrected chi connectivity index (χ2v) is 6.46. The molecule has 1 aromatic carbocycles. The fourth-order valence-electron chi connectivity index (χ4n) is 3.10. The van der Waals surface area contributed by atoms with Gasteiger partial charge < -0.3 is 10.2 Å². The number of rotatable bonds is 3. The molecule has 1 aliphatic rings. The molecule has 3 atom stereocenters. The Kier molecular flexibility index (Phi) is 4.52. The molecule has 1 fully saturated rings. The molecule has 21 heavy (non-hydrogen) atoms. The van der Waals surface area contributed by atoms with E-state index in [9.17, 15) is 10.1 Å². The van der Waals surface area contributed by atoms with E-state index in [2.05, 4.69) is 31.1 Å². The minimum absolute atomic E-state index is 0.197. The van der Waals surface area contributed by atoms with Crippen molar-refractivity contribution >= 4 is 11.4 Å². The van der Waals surface area contributed by atoms with Gasteiger partial charge in [0.05, 0.1) is 4.92 Å². The molecule has 0 aromatic heterocycles. The summed E-state index contributed by atoms with van der Waals surface area (Å²) >= 11 is 0. The Balaban J connectivity index is 2.20. The highest BCUT2D eigenvalue weighted by Crippen LogP contribution is 2.29. The van der Waals surface area contributed by atoms with Crippen LogP contribution in [0.1, 0.15) is 31.4 Å². The zero-order valence-electron chi connectivity index (χ0n) is 13.5. The predicted molar refractivity (Wildman–Crippen MR) is 85.9 cm³/mol. The number of nitrogens with zero attached hydrogens (tertiary/aromatic N) is 2. The first-order valence-corrected chi connectivity index (χ1v) is 7.52. The molecule has 5 heteroatoms. The molecule has 3 unspecified atom stereocenters. The van der Waals surface area contributed by atoms with Crippen molar-refractivity contribution < 1.29 is 4.92 Å². The lowest BCUT2D eigenvalue weighted by molar-refractivity contribution is -0.385. The Bertz CT molecular complexity index is 545. The maximum Gasteiger partial charge on any atom is 0.272 e. The zero-order valence-corrected chi connectivity index (χ0v) is 13.5. The number of piperidine rings is 1. The van der Waals surface area contributed by atoms with Gasteiger partial charge in [-0.05, 0) is 51.8 Å². The molecule has 0 aliphatic carbocycles. The number of anilines is 1. The molecule has 5 nitrogen and oxygen atoms in total. The summed E-state index contributed by atoms with van der Waals surface area (Å²) in [6.07, 6.45) is 1.09. The summed E-state index contributed by atoms with van der Waals surface area (Å²) in [5.74, 6) is 0.557. The number of nitro benzene ring substituents is 1. The topological polar surface area (TPSA) is 58.4 Å². The molecule has 1 saturated heterocycles. The summed E-state index contributed by atoms with van der Waals surface area (Å²) in [6, 6.07) is 4.54. The first kappa shape index (κ1) is 15.8. The Morgan fingerprint density at radius 3 is 2.57 bits per heavy atom. The van der Waals surface area contributed by atoms with Crippen LogP contribution in [0.3, 0.4) is 0 Å². The van der Waals surface area contributed by atoms with Gasteiger partial charge in [0.1, 0.15) is 0 Å². The zero-order chi connectivity index (χ0) is 15.7. The van der Waals surface area contributed by atoms with E-state index in [0.717, 1.165) is 24.2 Å². The number of nitro groups is 1. The van der Waals surface area contributed by atoms with Crippen LogP contribution in [0.2, 0.25) is 0 Å². The first-order valence-electron chi connectivity index (χ1n) is 7.52. The summed E-state index contributed by atoms with van der Waals surface area (Å²) in [6.45, 7) is 9.30. The molecule has 0 amide bonds. The summed E-state index contributed by atoms with van der Waals surface area (Å²) < 4.78 is 0. The van der Waals surface area contributed by atoms with Crippen LogP contribution < -0.4 is 5.32 Å². The van der Waals surface area contributed by atoms with Crippen molar-refractivity contribution in [3.8, 4) is 0 Å². The van der Waals surface area contributed by atoms with Gasteiger partial charge in [0.15, 0.2) is 0 Å². The highest BCUT2D eigenvalue weighted by atomic mass is 16.6. The molecular formula is C16H25N3O2. The van der Waals surface area contributed by atoms with E-state index in [1.54, 1.807) is 13.0 Å². The molecule has 0 bridgehead atoms. The Morgan fingerprint density at radius 1 is 1.29 bits per heavy atom. The molecule has 1 N–H and O–H groups in total. The summed E-state index contributed by atoms with van der Waals surface area (Å²) in [5.41, 5.74) is 2.86. The van der Waals surface area contributed by atoms with Gasteiger partial charge >= 0.3 is 0 Å². The molecule has 116 valence electrons. The number of hydrogen-bond acceptors (Lipinski definition) is 4. The first-order chi connectivity index (χ1) is 9.79. The second kappa shape index (κ2) is 6.02. The molecule has 0 radical (unpaired) electrons. The van der Waals surface area contributed by atoms with Crippen molar-refractivity contribution in [2.45, 2.75) is 46.2 Å². The van der Waals surface area contributed by atoms with Crippen LogP contribution in [0.25, 0.3) is 0 Å². The molecule has 0 spiro atoms. The number of likely N-dealkylation sites (tertiary alicyclic amines) is 1. The lowest BCUT2D eigenvalue weighted by Gasteiger charge is -2.40. The van der Waals surface area contributed by atoms with Gasteiger partial charge in [-0.15, -0.1) is 0 Å². The molecule has 0 saturated carbocycles. The second-order valence-electron chi connectivity index (χ2n) is 6.46. The predicted octanol–water partition coefficient (Wildman–Crippen LogP) is 3.35. The van der Waals surface area contributed by atoms with Crippen molar-refractivity contribution in [1.29, 1.82) is 0 Å². The maximum atomic E-state index is 11.0. The minimum atomic E-state index is -0.313. The smallest absolute Gasteiger partial charge is 0.272 e. The number of aryl methyl sites for hydroxylation is 2. The number of benzene rings is 1. The van der Waals surface area contributed by atoms with E-state index in [1.165, 1.54) is 0 Å². The van der Waals surface area contributed by atoms with Crippen LogP contribution in [-0.4, -0.2) is 35.5 Å². The van der Waals surface area contributed by atoms with E-state index in [-0.39, 0.29) is 10.6 Å². The summed E-state index contributed by atoms with van der Waals surface area (Å²) in [4.78, 5) is 13.1. The van der Waals surface area contributed by atoms with Crippen LogP contribution in [0, 0.1) is 29.9 Å². The lowest BCUT2D eigenvalue weighted by Crippen LogP contribution is -2.48. The summed E-state index contributed by atoms with van der Waals surface area (Å²) in [5, 5.41) is 14.6. The lowest BCUT2D eigenvalue weighted by atomic mass is 9.89. The molecule has 2 rings (SSSR count). The summed E-state index contributed by atoms with van der Waals surface area (Å²) in [7, 11) is 2.17. The van der Waals surface area contributed by atoms with Gasteiger partial charge in [0.25, 0.3) is 5.69 Å². The highest BCUT2D eigenvalue weighted by molar-refractivity contribution is 5.59. The SMILES string of the molecule is Cc1cc([N+](=O)[O-])c(C)cc1NC1CC(C)N(C)CC1C. The minimum Gasteiger partial charge on any atom is -0.382 e. The van der Waals surface area contributed by atoms with Crippen molar-refractivity contribution in [3.05, 3.63) is 33.4 Å². The van der Waals surface area contributed by atoms with E-state index < -0.39 is 0 Å². The van der Waals surface area contributed by atoms with Gasteiger partial charge in [-0.25, -0.2) is 0 Å². The Hall–Kier alpha value is -1.62. The Morgan fingerprint density at radius 2 is 1.95 bits per heavy atom. The normalized spacial score (nSPS) is 26.6. The molecule has 1 heterocycles. The monoisotopic (exact) mass is 291 g/mol. The van der Waals surface area contributed by atoms with E-state index in [4.69, 9.17) is 0 Å². The van der Waals surface area contributed by atoms with Gasteiger partial charge in [0.2, 0.25) is 0 Å². The number of nitrogens with one attached hydrogen (secondary N) is 1. The fourth-order valence-corrected chi connectivity index (χ4v) is 3.10. The number of hydrogen-bond donors (Lipinski definition) is 1. The highest BCUT2D eigenvalue weighted by Gasteiger charge is 2.29. The largest absolute Gasteiger partial charge is 0.382 e. The molecule has 1 aromatic rings. The van der Waals surface area contributed by atoms with Crippen LogP contribution in [0.4, 0.5) is 11.4 Å². The third-order valence-corrected chi connectivity index (χ3v) is 4.69. The van der Waals surface area contributed by atoms with Crippen LogP contribution in [0.5, 0.6) is 0 Å². The van der Waals surface area contributed by atoms with Crippen molar-refractivity contribution in [2.75, 3.05) is 18.9 Å².